The molecule has 1 N–H and O–H groups in total. The molecule has 0 unspecified atom stereocenters. The number of hydrogen-bond donors (Lipinski definition) is 1. The molecular weight excluding hydrogens is 342 g/mol. The van der Waals surface area contributed by atoms with E-state index in [1.807, 2.05) is 44.2 Å². The quantitative estimate of drug-likeness (QED) is 0.577. The summed E-state index contributed by atoms with van der Waals surface area (Å²) in [7, 11) is -3.61. The van der Waals surface area contributed by atoms with Gasteiger partial charge in [0.15, 0.2) is 0 Å². The van der Waals surface area contributed by atoms with E-state index in [0.717, 1.165) is 39.0 Å². The maximum Gasteiger partial charge on any atom is 0.261 e. The van der Waals surface area contributed by atoms with Crippen LogP contribution in [0.2, 0.25) is 0 Å². The van der Waals surface area contributed by atoms with Crippen LogP contribution in [0.15, 0.2) is 77.8 Å². The molecule has 0 fully saturated rings. The maximum atomic E-state index is 12.7. The first-order valence-electron chi connectivity index (χ1n) is 8.46. The zero-order valence-corrected chi connectivity index (χ0v) is 15.5. The number of benzene rings is 3. The van der Waals surface area contributed by atoms with Gasteiger partial charge in [-0.1, -0.05) is 60.2 Å². The molecule has 0 aliphatic heterocycles. The molecule has 130 valence electrons. The van der Waals surface area contributed by atoms with Gasteiger partial charge >= 0.3 is 0 Å². The monoisotopic (exact) mass is 361 g/mol. The van der Waals surface area contributed by atoms with Crippen molar-refractivity contribution in [3.63, 3.8) is 0 Å². The minimum absolute atomic E-state index is 0.260. The minimum Gasteiger partial charge on any atom is -0.286 e. The van der Waals surface area contributed by atoms with Crippen molar-refractivity contribution in [2.75, 3.05) is 0 Å². The van der Waals surface area contributed by atoms with E-state index in [-0.39, 0.29) is 4.90 Å². The van der Waals surface area contributed by atoms with Crippen molar-refractivity contribution in [1.82, 2.24) is 4.72 Å². The predicted molar refractivity (Wildman–Crippen MR) is 105 cm³/mol. The van der Waals surface area contributed by atoms with Crippen LogP contribution in [0.1, 0.15) is 22.3 Å². The van der Waals surface area contributed by atoms with Gasteiger partial charge in [-0.3, -0.25) is 4.72 Å². The SMILES string of the molecule is Cc1ccc(S(=O)(=O)N/C=C2/c3ccccc3-c3cccc(C)c32)cc1. The summed E-state index contributed by atoms with van der Waals surface area (Å²) in [4.78, 5) is 0.260. The third kappa shape index (κ3) is 2.72. The van der Waals surface area contributed by atoms with Crippen molar-refractivity contribution in [2.24, 2.45) is 0 Å². The van der Waals surface area contributed by atoms with Crippen LogP contribution in [0.4, 0.5) is 0 Å². The molecule has 3 aromatic carbocycles. The Morgan fingerprint density at radius 1 is 0.769 bits per heavy atom. The average Bonchev–Trinajstić information content (AvgIpc) is 2.96. The highest BCUT2D eigenvalue weighted by molar-refractivity contribution is 7.89. The molecule has 0 amide bonds. The molecule has 0 radical (unpaired) electrons. The summed E-state index contributed by atoms with van der Waals surface area (Å²) < 4.78 is 28.0. The van der Waals surface area contributed by atoms with Crippen LogP contribution in [-0.2, 0) is 10.0 Å². The first-order valence-corrected chi connectivity index (χ1v) is 9.94. The number of nitrogens with one attached hydrogen (secondary N) is 1. The lowest BCUT2D eigenvalue weighted by molar-refractivity contribution is 0.590. The topological polar surface area (TPSA) is 46.2 Å². The van der Waals surface area contributed by atoms with Crippen LogP contribution >= 0.6 is 0 Å². The first kappa shape index (κ1) is 16.6. The Morgan fingerprint density at radius 3 is 2.15 bits per heavy atom. The molecule has 4 heteroatoms. The molecule has 26 heavy (non-hydrogen) atoms. The van der Waals surface area contributed by atoms with Crippen molar-refractivity contribution >= 4 is 15.6 Å². The molecule has 0 aromatic heterocycles. The van der Waals surface area contributed by atoms with E-state index in [0.29, 0.717) is 0 Å². The fourth-order valence-electron chi connectivity index (χ4n) is 3.41. The van der Waals surface area contributed by atoms with Crippen LogP contribution in [0.5, 0.6) is 0 Å². The Morgan fingerprint density at radius 2 is 1.42 bits per heavy atom. The van der Waals surface area contributed by atoms with Gasteiger partial charge < -0.3 is 0 Å². The Bertz CT molecular complexity index is 1130. The lowest BCUT2D eigenvalue weighted by Crippen LogP contribution is -2.18. The van der Waals surface area contributed by atoms with Gasteiger partial charge in [0, 0.05) is 11.8 Å². The molecule has 3 nitrogen and oxygen atoms in total. The largest absolute Gasteiger partial charge is 0.286 e. The smallest absolute Gasteiger partial charge is 0.261 e. The Balaban J connectivity index is 1.79. The van der Waals surface area contributed by atoms with Gasteiger partial charge in [0.05, 0.1) is 4.90 Å². The fraction of sp³-hybridized carbons (Fsp3) is 0.0909. The third-order valence-corrected chi connectivity index (χ3v) is 6.06. The first-order chi connectivity index (χ1) is 12.5. The number of fused-ring (bicyclic) bond motifs is 3. The molecule has 0 spiro atoms. The second kappa shape index (κ2) is 6.15. The van der Waals surface area contributed by atoms with E-state index in [9.17, 15) is 8.42 Å². The normalized spacial score (nSPS) is 14.2. The molecule has 0 bridgehead atoms. The Labute approximate surface area is 154 Å². The minimum atomic E-state index is -3.61. The number of rotatable bonds is 3. The second-order valence-corrected chi connectivity index (χ2v) is 8.25. The van der Waals surface area contributed by atoms with E-state index in [4.69, 9.17) is 0 Å². The molecule has 3 aromatic rings. The third-order valence-electron chi connectivity index (χ3n) is 4.74. The lowest BCUT2D eigenvalue weighted by Gasteiger charge is -2.09. The second-order valence-electron chi connectivity index (χ2n) is 6.54. The van der Waals surface area contributed by atoms with Crippen molar-refractivity contribution in [3.05, 3.63) is 95.2 Å². The molecular formula is C22H19NO2S. The van der Waals surface area contributed by atoms with Gasteiger partial charge in [-0.15, -0.1) is 0 Å². The maximum absolute atomic E-state index is 12.7. The Hall–Kier alpha value is -2.85. The summed E-state index contributed by atoms with van der Waals surface area (Å²) in [5.41, 5.74) is 7.46. The van der Waals surface area contributed by atoms with Crippen LogP contribution in [0.25, 0.3) is 16.7 Å². The Kier molecular flexibility index (Phi) is 3.93. The average molecular weight is 361 g/mol. The zero-order chi connectivity index (χ0) is 18.3. The fourth-order valence-corrected chi connectivity index (χ4v) is 4.31. The van der Waals surface area contributed by atoms with Crippen molar-refractivity contribution in [3.8, 4) is 11.1 Å². The van der Waals surface area contributed by atoms with E-state index in [2.05, 4.69) is 16.9 Å². The number of hydrogen-bond acceptors (Lipinski definition) is 2. The van der Waals surface area contributed by atoms with E-state index in [1.54, 1.807) is 30.5 Å². The van der Waals surface area contributed by atoms with Gasteiger partial charge in [0.2, 0.25) is 0 Å². The van der Waals surface area contributed by atoms with Crippen molar-refractivity contribution in [1.29, 1.82) is 0 Å². The summed E-state index contributed by atoms with van der Waals surface area (Å²) in [6, 6.07) is 21.1. The van der Waals surface area contributed by atoms with E-state index in [1.165, 1.54) is 0 Å². The predicted octanol–water partition coefficient (Wildman–Crippen LogP) is 4.65. The van der Waals surface area contributed by atoms with Crippen LogP contribution in [0.3, 0.4) is 0 Å². The summed E-state index contributed by atoms with van der Waals surface area (Å²) in [6.45, 7) is 3.98. The highest BCUT2D eigenvalue weighted by Crippen LogP contribution is 2.45. The van der Waals surface area contributed by atoms with Crippen molar-refractivity contribution in [2.45, 2.75) is 18.7 Å². The molecule has 1 aliphatic carbocycles. The van der Waals surface area contributed by atoms with Crippen LogP contribution in [0, 0.1) is 13.8 Å². The molecule has 0 atom stereocenters. The molecule has 0 saturated carbocycles. The van der Waals surface area contributed by atoms with Crippen molar-refractivity contribution < 1.29 is 8.42 Å². The van der Waals surface area contributed by atoms with E-state index >= 15 is 0 Å². The standard InChI is InChI=1S/C22H19NO2S/c1-15-10-12-17(13-11-15)26(24,25)23-14-21-19-8-4-3-7-18(19)20-9-5-6-16(2)22(20)21/h3-14,23H,1-2H3/b21-14-. The summed E-state index contributed by atoms with van der Waals surface area (Å²) >= 11 is 0. The van der Waals surface area contributed by atoms with Crippen LogP contribution in [-0.4, -0.2) is 8.42 Å². The summed E-state index contributed by atoms with van der Waals surface area (Å²) in [5.74, 6) is 0. The summed E-state index contributed by atoms with van der Waals surface area (Å²) in [5, 5.41) is 0. The molecule has 4 rings (SSSR count). The molecule has 0 saturated heterocycles. The van der Waals surface area contributed by atoms with Gasteiger partial charge in [-0.05, 0) is 53.8 Å². The van der Waals surface area contributed by atoms with E-state index < -0.39 is 10.0 Å². The zero-order valence-electron chi connectivity index (χ0n) is 14.7. The number of aryl methyl sites for hydroxylation is 2. The highest BCUT2D eigenvalue weighted by Gasteiger charge is 2.25. The van der Waals surface area contributed by atoms with Gasteiger partial charge in [0.25, 0.3) is 10.0 Å². The van der Waals surface area contributed by atoms with Gasteiger partial charge in [-0.25, -0.2) is 8.42 Å². The van der Waals surface area contributed by atoms with Crippen LogP contribution < -0.4 is 4.72 Å². The van der Waals surface area contributed by atoms with Gasteiger partial charge in [-0.2, -0.15) is 0 Å². The van der Waals surface area contributed by atoms with Gasteiger partial charge in [0.1, 0.15) is 0 Å². The summed E-state index contributed by atoms with van der Waals surface area (Å²) in [6.07, 6.45) is 1.62. The lowest BCUT2D eigenvalue weighted by atomic mass is 10.0. The highest BCUT2D eigenvalue weighted by atomic mass is 32.2. The molecule has 1 aliphatic rings. The molecule has 0 heterocycles. The number of sulfonamides is 1.